The van der Waals surface area contributed by atoms with Crippen molar-refractivity contribution in [3.05, 3.63) is 70.8 Å². The van der Waals surface area contributed by atoms with Crippen molar-refractivity contribution < 1.29 is 35.9 Å². The molecule has 6 nitrogen and oxygen atoms in total. The molecule has 13 heteroatoms. The van der Waals surface area contributed by atoms with Gasteiger partial charge in [0.05, 0.1) is 35.1 Å². The Bertz CT molecular complexity index is 922. The van der Waals surface area contributed by atoms with Crippen LogP contribution >= 0.6 is 11.8 Å². The van der Waals surface area contributed by atoms with E-state index in [1.54, 1.807) is 0 Å². The molecule has 33 heavy (non-hydrogen) atoms. The molecule has 0 aliphatic carbocycles. The van der Waals surface area contributed by atoms with Crippen LogP contribution in [-0.2, 0) is 21.9 Å². The summed E-state index contributed by atoms with van der Waals surface area (Å²) in [4.78, 5) is 23.3. The molecule has 2 rings (SSSR count). The third-order valence-electron chi connectivity index (χ3n) is 3.75. The highest BCUT2D eigenvalue weighted by molar-refractivity contribution is 8.00. The van der Waals surface area contributed by atoms with Crippen molar-refractivity contribution in [1.29, 1.82) is 0 Å². The maximum Gasteiger partial charge on any atom is 0.416 e. The molecule has 0 fully saturated rings. The topological polar surface area (TPSA) is 82.9 Å². The Labute approximate surface area is 188 Å². The SMILES string of the molecule is O=C(CSCC(=O)NN=Cc1ccc(C(F)(F)F)cc1)NN=Cc1ccc(C(F)(F)F)cc1. The average molecular weight is 490 g/mol. The van der Waals surface area contributed by atoms with Gasteiger partial charge in [-0.05, 0) is 35.4 Å². The van der Waals surface area contributed by atoms with Gasteiger partial charge in [-0.25, -0.2) is 10.9 Å². The largest absolute Gasteiger partial charge is 0.416 e. The molecule has 0 heterocycles. The quantitative estimate of drug-likeness (QED) is 0.333. The minimum Gasteiger partial charge on any atom is -0.272 e. The summed E-state index contributed by atoms with van der Waals surface area (Å²) < 4.78 is 74.9. The maximum absolute atomic E-state index is 12.5. The fraction of sp³-hybridized carbons (Fsp3) is 0.200. The number of alkyl halides is 6. The second-order valence-corrected chi connectivity index (χ2v) is 7.30. The summed E-state index contributed by atoms with van der Waals surface area (Å²) in [7, 11) is 0. The fourth-order valence-electron chi connectivity index (χ4n) is 2.17. The summed E-state index contributed by atoms with van der Waals surface area (Å²) in [6.07, 6.45) is -6.54. The van der Waals surface area contributed by atoms with Crippen LogP contribution in [0.15, 0.2) is 58.7 Å². The molecule has 0 radical (unpaired) electrons. The number of nitrogens with one attached hydrogen (secondary N) is 2. The smallest absolute Gasteiger partial charge is 0.272 e. The highest BCUT2D eigenvalue weighted by Gasteiger charge is 2.30. The minimum atomic E-state index is -4.44. The first-order chi connectivity index (χ1) is 15.4. The van der Waals surface area contributed by atoms with Crippen LogP contribution in [-0.4, -0.2) is 35.7 Å². The van der Waals surface area contributed by atoms with Gasteiger partial charge in [0, 0.05) is 0 Å². The monoisotopic (exact) mass is 490 g/mol. The maximum atomic E-state index is 12.5. The number of hydrogen-bond donors (Lipinski definition) is 2. The van der Waals surface area contributed by atoms with E-state index in [0.717, 1.165) is 36.0 Å². The van der Waals surface area contributed by atoms with Gasteiger partial charge in [0.2, 0.25) is 11.8 Å². The van der Waals surface area contributed by atoms with Crippen LogP contribution in [0.1, 0.15) is 22.3 Å². The minimum absolute atomic E-state index is 0.125. The zero-order valence-corrected chi connectivity index (χ0v) is 17.4. The normalized spacial score (nSPS) is 12.3. The molecule has 176 valence electrons. The predicted molar refractivity (Wildman–Crippen MR) is 112 cm³/mol. The highest BCUT2D eigenvalue weighted by Crippen LogP contribution is 2.29. The van der Waals surface area contributed by atoms with E-state index in [0.29, 0.717) is 11.1 Å². The van der Waals surface area contributed by atoms with Gasteiger partial charge < -0.3 is 0 Å². The van der Waals surface area contributed by atoms with Crippen LogP contribution in [0.2, 0.25) is 0 Å². The Hall–Kier alpha value is -3.35. The van der Waals surface area contributed by atoms with Crippen molar-refractivity contribution in [2.75, 3.05) is 11.5 Å². The number of hydrazone groups is 2. The van der Waals surface area contributed by atoms with Gasteiger partial charge in [-0.1, -0.05) is 24.3 Å². The molecule has 0 saturated carbocycles. The molecule has 0 spiro atoms. The fourth-order valence-corrected chi connectivity index (χ4v) is 2.78. The van der Waals surface area contributed by atoms with Gasteiger partial charge in [0.25, 0.3) is 0 Å². The van der Waals surface area contributed by atoms with Crippen LogP contribution < -0.4 is 10.9 Å². The van der Waals surface area contributed by atoms with Crippen LogP contribution in [0.25, 0.3) is 0 Å². The lowest BCUT2D eigenvalue weighted by molar-refractivity contribution is -0.138. The van der Waals surface area contributed by atoms with Crippen LogP contribution in [0.4, 0.5) is 26.3 Å². The van der Waals surface area contributed by atoms with E-state index in [2.05, 4.69) is 21.1 Å². The Morgan fingerprint density at radius 2 is 1.03 bits per heavy atom. The number of benzene rings is 2. The number of rotatable bonds is 8. The summed E-state index contributed by atoms with van der Waals surface area (Å²) in [5.41, 5.74) is 3.44. The molecule has 2 N–H and O–H groups in total. The molecule has 0 unspecified atom stereocenters. The number of carbonyl (C=O) groups excluding carboxylic acids is 2. The lowest BCUT2D eigenvalue weighted by Crippen LogP contribution is -2.23. The molecule has 0 atom stereocenters. The number of carbonyl (C=O) groups is 2. The molecule has 0 aromatic heterocycles. The third kappa shape index (κ3) is 9.35. The number of thioether (sulfide) groups is 1. The lowest BCUT2D eigenvalue weighted by atomic mass is 10.1. The first-order valence-electron chi connectivity index (χ1n) is 9.01. The van der Waals surface area contributed by atoms with Crippen molar-refractivity contribution in [1.82, 2.24) is 10.9 Å². The number of halogens is 6. The first kappa shape index (κ1) is 25.9. The highest BCUT2D eigenvalue weighted by atomic mass is 32.2. The number of hydrogen-bond acceptors (Lipinski definition) is 5. The van der Waals surface area contributed by atoms with Gasteiger partial charge in [-0.2, -0.15) is 36.5 Å². The van der Waals surface area contributed by atoms with Crippen molar-refractivity contribution >= 4 is 36.0 Å². The standard InChI is InChI=1S/C20H16F6N4O2S/c21-19(22,23)15-5-1-13(2-6-15)9-27-29-17(31)11-33-12-18(32)30-28-10-14-3-7-16(8-4-14)20(24,25)26/h1-10H,11-12H2,(H,29,31)(H,30,32). The molecule has 2 aromatic rings. The van der Waals surface area contributed by atoms with Gasteiger partial charge in [-0.15, -0.1) is 11.8 Å². The van der Waals surface area contributed by atoms with E-state index in [1.807, 2.05) is 0 Å². The Kier molecular flexibility index (Phi) is 9.02. The van der Waals surface area contributed by atoms with E-state index < -0.39 is 35.3 Å². The van der Waals surface area contributed by atoms with Gasteiger partial charge >= 0.3 is 12.4 Å². The van der Waals surface area contributed by atoms with E-state index in [1.165, 1.54) is 36.7 Å². The number of nitrogens with zero attached hydrogens (tertiary/aromatic N) is 2. The zero-order chi connectivity index (χ0) is 24.5. The van der Waals surface area contributed by atoms with Crippen molar-refractivity contribution in [2.45, 2.75) is 12.4 Å². The average Bonchev–Trinajstić information content (AvgIpc) is 2.73. The predicted octanol–water partition coefficient (Wildman–Crippen LogP) is 4.06. The van der Waals surface area contributed by atoms with E-state index in [4.69, 9.17) is 0 Å². The second kappa shape index (κ2) is 11.5. The van der Waals surface area contributed by atoms with E-state index >= 15 is 0 Å². The van der Waals surface area contributed by atoms with Gasteiger partial charge in [0.15, 0.2) is 0 Å². The van der Waals surface area contributed by atoms with Crippen molar-refractivity contribution in [2.24, 2.45) is 10.2 Å². The van der Waals surface area contributed by atoms with Gasteiger partial charge in [-0.3, -0.25) is 9.59 Å². The summed E-state index contributed by atoms with van der Waals surface area (Å²) in [6.45, 7) is 0. The molecule has 2 aromatic carbocycles. The molecule has 2 amide bonds. The van der Waals surface area contributed by atoms with Crippen molar-refractivity contribution in [3.63, 3.8) is 0 Å². The van der Waals surface area contributed by atoms with Crippen LogP contribution in [0.3, 0.4) is 0 Å². The summed E-state index contributed by atoms with van der Waals surface area (Å²) >= 11 is 0.949. The Balaban J connectivity index is 1.67. The van der Waals surface area contributed by atoms with E-state index in [9.17, 15) is 35.9 Å². The van der Waals surface area contributed by atoms with Crippen LogP contribution in [0.5, 0.6) is 0 Å². The van der Waals surface area contributed by atoms with Crippen LogP contribution in [0, 0.1) is 0 Å². The van der Waals surface area contributed by atoms with E-state index in [-0.39, 0.29) is 11.5 Å². The molecular formula is C20H16F6N4O2S. The number of amides is 2. The molecule has 0 saturated heterocycles. The molecular weight excluding hydrogens is 474 g/mol. The molecule has 0 bridgehead atoms. The zero-order valence-electron chi connectivity index (χ0n) is 16.6. The summed E-state index contributed by atoms with van der Waals surface area (Å²) in [6, 6.07) is 8.34. The van der Waals surface area contributed by atoms with Crippen molar-refractivity contribution in [3.8, 4) is 0 Å². The second-order valence-electron chi connectivity index (χ2n) is 6.32. The van der Waals surface area contributed by atoms with Gasteiger partial charge in [0.1, 0.15) is 0 Å². The Morgan fingerprint density at radius 1 is 0.697 bits per heavy atom. The molecule has 0 aliphatic rings. The first-order valence-corrected chi connectivity index (χ1v) is 10.2. The Morgan fingerprint density at radius 3 is 1.33 bits per heavy atom. The lowest BCUT2D eigenvalue weighted by Gasteiger charge is -2.05. The summed E-state index contributed by atoms with van der Waals surface area (Å²) in [5, 5.41) is 7.24. The third-order valence-corrected chi connectivity index (χ3v) is 4.68. The molecule has 0 aliphatic heterocycles. The summed E-state index contributed by atoms with van der Waals surface area (Å²) in [5.74, 6) is -1.32.